The van der Waals surface area contributed by atoms with Gasteiger partial charge in [0.25, 0.3) is 0 Å². The normalized spacial score (nSPS) is 19.9. The number of benzene rings is 1. The highest BCUT2D eigenvalue weighted by Crippen LogP contribution is 2.27. The van der Waals surface area contributed by atoms with Crippen LogP contribution in [-0.2, 0) is 4.74 Å². The zero-order chi connectivity index (χ0) is 13.7. The lowest BCUT2D eigenvalue weighted by Crippen LogP contribution is -2.46. The monoisotopic (exact) mass is 264 g/mol. The summed E-state index contributed by atoms with van der Waals surface area (Å²) in [6.45, 7) is 5.63. The zero-order valence-electron chi connectivity index (χ0n) is 11.8. The van der Waals surface area contributed by atoms with Crippen LogP contribution in [0.5, 0.6) is 5.75 Å². The zero-order valence-corrected chi connectivity index (χ0v) is 11.8. The first-order valence-corrected chi connectivity index (χ1v) is 6.97. The molecule has 1 aromatic rings. The maximum atomic E-state index is 6.34. The molecule has 4 heteroatoms. The van der Waals surface area contributed by atoms with Crippen LogP contribution in [0, 0.1) is 0 Å². The van der Waals surface area contributed by atoms with E-state index in [0.717, 1.165) is 38.5 Å². The molecule has 0 radical (unpaired) electrons. The first kappa shape index (κ1) is 14.3. The van der Waals surface area contributed by atoms with Crippen LogP contribution in [0.25, 0.3) is 0 Å². The number of hydrogen-bond donors (Lipinski definition) is 1. The Morgan fingerprint density at radius 1 is 1.26 bits per heavy atom. The molecule has 1 fully saturated rings. The Balaban J connectivity index is 2.19. The highest BCUT2D eigenvalue weighted by molar-refractivity contribution is 5.30. The quantitative estimate of drug-likeness (QED) is 0.881. The predicted octanol–water partition coefficient (Wildman–Crippen LogP) is 1.81. The molecule has 4 nitrogen and oxygen atoms in total. The van der Waals surface area contributed by atoms with Crippen molar-refractivity contribution in [3.63, 3.8) is 0 Å². The first-order valence-electron chi connectivity index (χ1n) is 6.97. The average Bonchev–Trinajstić information content (AvgIpc) is 2.49. The van der Waals surface area contributed by atoms with Crippen LogP contribution in [0.3, 0.4) is 0 Å². The third-order valence-corrected chi connectivity index (χ3v) is 3.77. The third-order valence-electron chi connectivity index (χ3n) is 3.77. The molecule has 2 rings (SSSR count). The average molecular weight is 264 g/mol. The van der Waals surface area contributed by atoms with E-state index in [0.29, 0.717) is 0 Å². The second-order valence-electron chi connectivity index (χ2n) is 4.94. The molecule has 1 aromatic carbocycles. The standard InChI is InChI=1S/C15H24N2O2/c1-3-14(16)15(17-8-10-19-11-9-17)12-4-6-13(18-2)7-5-12/h4-7,14-15H,3,8-11,16H2,1-2H3. The van der Waals surface area contributed by atoms with Crippen molar-refractivity contribution in [2.45, 2.75) is 25.4 Å². The maximum absolute atomic E-state index is 6.34. The van der Waals surface area contributed by atoms with Gasteiger partial charge < -0.3 is 15.2 Å². The van der Waals surface area contributed by atoms with Crippen molar-refractivity contribution in [2.24, 2.45) is 5.73 Å². The molecule has 1 aliphatic heterocycles. The molecule has 0 aromatic heterocycles. The summed E-state index contributed by atoms with van der Waals surface area (Å²) in [5, 5.41) is 0. The molecule has 106 valence electrons. The van der Waals surface area contributed by atoms with Crippen molar-refractivity contribution in [1.29, 1.82) is 0 Å². The SMILES string of the molecule is CCC(N)C(c1ccc(OC)cc1)N1CCOCC1. The van der Waals surface area contributed by atoms with E-state index in [2.05, 4.69) is 24.0 Å². The van der Waals surface area contributed by atoms with Crippen molar-refractivity contribution in [1.82, 2.24) is 4.90 Å². The van der Waals surface area contributed by atoms with Crippen molar-refractivity contribution < 1.29 is 9.47 Å². The molecule has 1 aliphatic rings. The number of nitrogens with zero attached hydrogens (tertiary/aromatic N) is 1. The highest BCUT2D eigenvalue weighted by Gasteiger charge is 2.27. The number of methoxy groups -OCH3 is 1. The number of morpholine rings is 1. The van der Waals surface area contributed by atoms with Gasteiger partial charge in [-0.2, -0.15) is 0 Å². The van der Waals surface area contributed by atoms with E-state index >= 15 is 0 Å². The van der Waals surface area contributed by atoms with Crippen molar-refractivity contribution in [3.8, 4) is 5.75 Å². The topological polar surface area (TPSA) is 47.7 Å². The van der Waals surface area contributed by atoms with Gasteiger partial charge >= 0.3 is 0 Å². The van der Waals surface area contributed by atoms with E-state index < -0.39 is 0 Å². The molecule has 2 atom stereocenters. The minimum Gasteiger partial charge on any atom is -0.497 e. The van der Waals surface area contributed by atoms with Crippen LogP contribution in [0.4, 0.5) is 0 Å². The van der Waals surface area contributed by atoms with Gasteiger partial charge in [0, 0.05) is 19.1 Å². The fourth-order valence-electron chi connectivity index (χ4n) is 2.61. The molecular formula is C15H24N2O2. The van der Waals surface area contributed by atoms with Crippen molar-refractivity contribution in [2.75, 3.05) is 33.4 Å². The number of nitrogens with two attached hydrogens (primary N) is 1. The van der Waals surface area contributed by atoms with Crippen LogP contribution in [0.15, 0.2) is 24.3 Å². The van der Waals surface area contributed by atoms with Gasteiger partial charge in [0.05, 0.1) is 26.4 Å². The molecule has 1 saturated heterocycles. The van der Waals surface area contributed by atoms with Crippen molar-refractivity contribution >= 4 is 0 Å². The summed E-state index contributed by atoms with van der Waals surface area (Å²) in [4.78, 5) is 2.43. The lowest BCUT2D eigenvalue weighted by molar-refractivity contribution is 0.0101. The minimum absolute atomic E-state index is 0.145. The molecule has 0 amide bonds. The van der Waals surface area contributed by atoms with Gasteiger partial charge in [0.15, 0.2) is 0 Å². The van der Waals surface area contributed by atoms with E-state index in [1.165, 1.54) is 5.56 Å². The first-order chi connectivity index (χ1) is 9.26. The lowest BCUT2D eigenvalue weighted by atomic mass is 9.96. The van der Waals surface area contributed by atoms with Crippen LogP contribution in [0.2, 0.25) is 0 Å². The van der Waals surface area contributed by atoms with E-state index in [9.17, 15) is 0 Å². The highest BCUT2D eigenvalue weighted by atomic mass is 16.5. The van der Waals surface area contributed by atoms with E-state index in [4.69, 9.17) is 15.2 Å². The Morgan fingerprint density at radius 2 is 1.89 bits per heavy atom. The summed E-state index contributed by atoms with van der Waals surface area (Å²) in [5.41, 5.74) is 7.60. The number of ether oxygens (including phenoxy) is 2. The van der Waals surface area contributed by atoms with E-state index in [1.54, 1.807) is 7.11 Å². The Hall–Kier alpha value is -1.10. The van der Waals surface area contributed by atoms with Crippen LogP contribution >= 0.6 is 0 Å². The Labute approximate surface area is 115 Å². The van der Waals surface area contributed by atoms with Gasteiger partial charge in [-0.15, -0.1) is 0 Å². The Bertz CT molecular complexity index is 374. The molecule has 1 heterocycles. The predicted molar refractivity (Wildman–Crippen MR) is 76.4 cm³/mol. The fraction of sp³-hybridized carbons (Fsp3) is 0.600. The molecular weight excluding hydrogens is 240 g/mol. The molecule has 0 spiro atoms. The molecule has 0 aliphatic carbocycles. The van der Waals surface area contributed by atoms with Gasteiger partial charge in [-0.3, -0.25) is 4.90 Å². The van der Waals surface area contributed by atoms with E-state index in [-0.39, 0.29) is 12.1 Å². The summed E-state index contributed by atoms with van der Waals surface area (Å²) in [5.74, 6) is 0.884. The summed E-state index contributed by atoms with van der Waals surface area (Å²) in [7, 11) is 1.69. The van der Waals surface area contributed by atoms with Crippen LogP contribution in [-0.4, -0.2) is 44.4 Å². The molecule has 2 N–H and O–H groups in total. The summed E-state index contributed by atoms with van der Waals surface area (Å²) in [6, 6.07) is 8.66. The van der Waals surface area contributed by atoms with Gasteiger partial charge in [-0.25, -0.2) is 0 Å². The Kier molecular flexibility index (Phi) is 5.19. The second kappa shape index (κ2) is 6.89. The van der Waals surface area contributed by atoms with Gasteiger partial charge in [0.2, 0.25) is 0 Å². The van der Waals surface area contributed by atoms with Crippen LogP contribution in [0.1, 0.15) is 24.9 Å². The molecule has 0 bridgehead atoms. The van der Waals surface area contributed by atoms with Crippen molar-refractivity contribution in [3.05, 3.63) is 29.8 Å². The Morgan fingerprint density at radius 3 is 2.42 bits per heavy atom. The lowest BCUT2D eigenvalue weighted by Gasteiger charge is -2.37. The van der Waals surface area contributed by atoms with Crippen LogP contribution < -0.4 is 10.5 Å². The molecule has 19 heavy (non-hydrogen) atoms. The van der Waals surface area contributed by atoms with Gasteiger partial charge in [-0.05, 0) is 24.1 Å². The summed E-state index contributed by atoms with van der Waals surface area (Å²) < 4.78 is 10.6. The number of rotatable bonds is 5. The largest absolute Gasteiger partial charge is 0.497 e. The minimum atomic E-state index is 0.145. The van der Waals surface area contributed by atoms with Gasteiger partial charge in [0.1, 0.15) is 5.75 Å². The fourth-order valence-corrected chi connectivity index (χ4v) is 2.61. The maximum Gasteiger partial charge on any atom is 0.118 e. The summed E-state index contributed by atoms with van der Waals surface area (Å²) in [6.07, 6.45) is 0.966. The smallest absolute Gasteiger partial charge is 0.118 e. The summed E-state index contributed by atoms with van der Waals surface area (Å²) >= 11 is 0. The molecule has 2 unspecified atom stereocenters. The number of hydrogen-bond acceptors (Lipinski definition) is 4. The second-order valence-corrected chi connectivity index (χ2v) is 4.94. The third kappa shape index (κ3) is 3.47. The van der Waals surface area contributed by atoms with Gasteiger partial charge in [-0.1, -0.05) is 19.1 Å². The van der Waals surface area contributed by atoms with E-state index in [1.807, 2.05) is 12.1 Å². The molecule has 0 saturated carbocycles.